The van der Waals surface area contributed by atoms with E-state index in [1.807, 2.05) is 30.3 Å². The summed E-state index contributed by atoms with van der Waals surface area (Å²) in [6.07, 6.45) is 17.3. The normalized spacial score (nSPS) is 11.3. The van der Waals surface area contributed by atoms with Crippen LogP contribution in [0, 0.1) is 0 Å². The summed E-state index contributed by atoms with van der Waals surface area (Å²) < 4.78 is 54.8. The maximum absolute atomic E-state index is 11.7. The number of benzene rings is 1. The summed E-state index contributed by atoms with van der Waals surface area (Å²) in [5.74, 6) is 0. The van der Waals surface area contributed by atoms with Crippen LogP contribution in [0.3, 0.4) is 0 Å². The monoisotopic (exact) mass is 758 g/mol. The summed E-state index contributed by atoms with van der Waals surface area (Å²) >= 11 is 0. The van der Waals surface area contributed by atoms with Crippen LogP contribution in [0.25, 0.3) is 0 Å². The second-order valence-corrected chi connectivity index (χ2v) is 12.7. The number of amides is 1. The zero-order valence-corrected chi connectivity index (χ0v) is 33.2. The minimum atomic E-state index is -0.464. The summed E-state index contributed by atoms with van der Waals surface area (Å²) in [6.45, 7) is 12.4. The first kappa shape index (κ1) is 49.1. The molecule has 0 aliphatic rings. The van der Waals surface area contributed by atoms with Gasteiger partial charge < -0.3 is 52.7 Å². The molecule has 1 N–H and O–H groups in total. The van der Waals surface area contributed by atoms with Gasteiger partial charge in [-0.3, -0.25) is 0 Å². The Kier molecular flexibility index (Phi) is 39.8. The Morgan fingerprint density at radius 1 is 0.415 bits per heavy atom. The Hall–Kier alpha value is -1.87. The van der Waals surface area contributed by atoms with Gasteiger partial charge in [0.25, 0.3) is 0 Å². The number of unbranched alkanes of at least 4 members (excludes halogenated alkanes) is 12. The number of carbonyl (C=O) groups excluding carboxylic acids is 1. The fourth-order valence-electron chi connectivity index (χ4n) is 5.08. The van der Waals surface area contributed by atoms with Crippen molar-refractivity contribution in [1.82, 2.24) is 5.32 Å². The van der Waals surface area contributed by atoms with E-state index in [4.69, 9.17) is 47.4 Å². The fraction of sp³-hybridized carbons (Fsp3) is 0.829. The molecule has 12 nitrogen and oxygen atoms in total. The Bertz CT molecular complexity index is 852. The maximum Gasteiger partial charge on any atom is 0.407 e. The molecule has 310 valence electrons. The fourth-order valence-corrected chi connectivity index (χ4v) is 5.08. The quantitative estimate of drug-likeness (QED) is 0.0684. The first-order valence-electron chi connectivity index (χ1n) is 20.5. The molecule has 0 heterocycles. The predicted octanol–water partition coefficient (Wildman–Crippen LogP) is 7.15. The Labute approximate surface area is 321 Å². The van der Waals surface area contributed by atoms with Crippen molar-refractivity contribution in [1.29, 1.82) is 0 Å². The van der Waals surface area contributed by atoms with Crippen LogP contribution >= 0.6 is 0 Å². The van der Waals surface area contributed by atoms with E-state index in [-0.39, 0.29) is 6.61 Å². The lowest BCUT2D eigenvalue weighted by Crippen LogP contribution is -2.28. The summed E-state index contributed by atoms with van der Waals surface area (Å²) in [4.78, 5) is 11.7. The Balaban J connectivity index is 1.62. The van der Waals surface area contributed by atoms with E-state index in [0.717, 1.165) is 18.6 Å². The predicted molar refractivity (Wildman–Crippen MR) is 208 cm³/mol. The van der Waals surface area contributed by atoms with Gasteiger partial charge in [0.2, 0.25) is 0 Å². The summed E-state index contributed by atoms with van der Waals surface area (Å²) in [7, 11) is 0. The van der Waals surface area contributed by atoms with Gasteiger partial charge in [-0.2, -0.15) is 0 Å². The number of hydrogen-bond donors (Lipinski definition) is 1. The van der Waals surface area contributed by atoms with Gasteiger partial charge in [-0.15, -0.1) is 0 Å². The molecule has 0 radical (unpaired) electrons. The van der Waals surface area contributed by atoms with Crippen LogP contribution in [-0.2, 0) is 54.0 Å². The van der Waals surface area contributed by atoms with Crippen molar-refractivity contribution in [2.24, 2.45) is 0 Å². The van der Waals surface area contributed by atoms with E-state index in [0.29, 0.717) is 119 Å². The van der Waals surface area contributed by atoms with E-state index < -0.39 is 6.09 Å². The molecule has 1 aromatic carbocycles. The number of alkyl carbamates (subject to hydrolysis) is 1. The zero-order chi connectivity index (χ0) is 37.8. The van der Waals surface area contributed by atoms with E-state index in [9.17, 15) is 4.79 Å². The van der Waals surface area contributed by atoms with Gasteiger partial charge in [-0.1, -0.05) is 114 Å². The van der Waals surface area contributed by atoms with Crippen molar-refractivity contribution in [3.8, 4) is 0 Å². The average molecular weight is 758 g/mol. The minimum Gasteiger partial charge on any atom is -0.445 e. The average Bonchev–Trinajstić information content (AvgIpc) is 3.18. The lowest BCUT2D eigenvalue weighted by Gasteiger charge is -2.09. The molecule has 0 atom stereocenters. The minimum absolute atomic E-state index is 0.242. The summed E-state index contributed by atoms with van der Waals surface area (Å²) in [5.41, 5.74) is 0.942. The number of carbonyl (C=O) groups is 1. The summed E-state index contributed by atoms with van der Waals surface area (Å²) in [6, 6.07) is 9.53. The molecular weight excluding hydrogens is 682 g/mol. The molecule has 12 heteroatoms. The third-order valence-corrected chi connectivity index (χ3v) is 8.10. The van der Waals surface area contributed by atoms with Gasteiger partial charge in [0.1, 0.15) is 6.61 Å². The first-order valence-corrected chi connectivity index (χ1v) is 20.5. The second kappa shape index (κ2) is 42.9. The topological polar surface area (TPSA) is 121 Å². The van der Waals surface area contributed by atoms with Crippen LogP contribution in [-0.4, -0.2) is 132 Å². The van der Waals surface area contributed by atoms with Gasteiger partial charge in [0.05, 0.1) is 112 Å². The van der Waals surface area contributed by atoms with Crippen LogP contribution in [0.2, 0.25) is 0 Å². The van der Waals surface area contributed by atoms with Gasteiger partial charge >= 0.3 is 6.09 Å². The Morgan fingerprint density at radius 2 is 0.736 bits per heavy atom. The van der Waals surface area contributed by atoms with Crippen molar-refractivity contribution >= 4 is 6.09 Å². The molecule has 0 fully saturated rings. The summed E-state index contributed by atoms with van der Waals surface area (Å²) in [5, 5.41) is 2.65. The number of hydrogen-bond acceptors (Lipinski definition) is 11. The standard InChI is InChI=1S/C41H75NO11/c1-2-3-4-5-6-7-8-9-10-11-12-13-17-21-44-23-25-46-27-29-48-31-33-50-35-37-52-38-36-51-34-32-49-30-28-47-26-24-45-22-20-42-41(43)53-39-40-18-15-14-16-19-40/h14-16,18-19H,2-13,17,20-39H2,1H3,(H,42,43). The highest BCUT2D eigenvalue weighted by Gasteiger charge is 2.02. The van der Waals surface area contributed by atoms with Gasteiger partial charge in [0.15, 0.2) is 0 Å². The van der Waals surface area contributed by atoms with Crippen LogP contribution < -0.4 is 5.32 Å². The number of nitrogens with one attached hydrogen (secondary N) is 1. The second-order valence-electron chi connectivity index (χ2n) is 12.7. The highest BCUT2D eigenvalue weighted by atomic mass is 16.6. The van der Waals surface area contributed by atoms with Crippen molar-refractivity contribution in [2.45, 2.75) is 97.0 Å². The van der Waals surface area contributed by atoms with Gasteiger partial charge in [-0.25, -0.2) is 4.79 Å². The third-order valence-electron chi connectivity index (χ3n) is 8.10. The third kappa shape index (κ3) is 39.6. The molecule has 1 amide bonds. The molecule has 0 aliphatic carbocycles. The van der Waals surface area contributed by atoms with E-state index in [1.54, 1.807) is 0 Å². The maximum atomic E-state index is 11.7. The van der Waals surface area contributed by atoms with Gasteiger partial charge in [0, 0.05) is 13.2 Å². The van der Waals surface area contributed by atoms with Crippen molar-refractivity contribution in [2.75, 3.05) is 125 Å². The van der Waals surface area contributed by atoms with Crippen LogP contribution in [0.5, 0.6) is 0 Å². The molecule has 0 unspecified atom stereocenters. The lowest BCUT2D eigenvalue weighted by molar-refractivity contribution is -0.0249. The van der Waals surface area contributed by atoms with E-state index in [1.165, 1.54) is 77.0 Å². The van der Waals surface area contributed by atoms with Crippen LogP contribution in [0.4, 0.5) is 4.79 Å². The Morgan fingerprint density at radius 3 is 1.11 bits per heavy atom. The van der Waals surface area contributed by atoms with Crippen molar-refractivity contribution < 1.29 is 52.2 Å². The lowest BCUT2D eigenvalue weighted by atomic mass is 10.0. The molecule has 0 aromatic heterocycles. The van der Waals surface area contributed by atoms with Gasteiger partial charge in [-0.05, 0) is 12.0 Å². The molecule has 0 spiro atoms. The molecule has 0 aliphatic heterocycles. The molecular formula is C41H75NO11. The van der Waals surface area contributed by atoms with Crippen LogP contribution in [0.15, 0.2) is 30.3 Å². The zero-order valence-electron chi connectivity index (χ0n) is 33.2. The van der Waals surface area contributed by atoms with E-state index >= 15 is 0 Å². The van der Waals surface area contributed by atoms with Crippen molar-refractivity contribution in [3.05, 3.63) is 35.9 Å². The number of rotatable bonds is 43. The van der Waals surface area contributed by atoms with E-state index in [2.05, 4.69) is 12.2 Å². The molecule has 1 rings (SSSR count). The largest absolute Gasteiger partial charge is 0.445 e. The van der Waals surface area contributed by atoms with Crippen molar-refractivity contribution in [3.63, 3.8) is 0 Å². The highest BCUT2D eigenvalue weighted by Crippen LogP contribution is 2.12. The first-order chi connectivity index (χ1) is 26.3. The van der Waals surface area contributed by atoms with Crippen LogP contribution in [0.1, 0.15) is 96.0 Å². The molecule has 0 saturated carbocycles. The SMILES string of the molecule is CCCCCCCCCCCCCCCOCCOCCOCCOCCOCCOCCOCCOCCOCCNC(=O)OCc1ccccc1. The molecule has 0 saturated heterocycles. The number of ether oxygens (including phenoxy) is 10. The molecule has 1 aromatic rings. The molecule has 0 bridgehead atoms. The molecule has 53 heavy (non-hydrogen) atoms. The highest BCUT2D eigenvalue weighted by molar-refractivity contribution is 5.67. The smallest absolute Gasteiger partial charge is 0.407 e.